The van der Waals surface area contributed by atoms with Gasteiger partial charge in [-0.2, -0.15) is 0 Å². The van der Waals surface area contributed by atoms with Gasteiger partial charge in [-0.05, 0) is 66.1 Å². The van der Waals surface area contributed by atoms with Crippen LogP contribution in [0.1, 0.15) is 63.0 Å². The molecule has 4 heteroatoms. The van der Waals surface area contributed by atoms with Gasteiger partial charge in [0, 0.05) is 10.5 Å². The average molecular weight is 505 g/mol. The maximum absolute atomic E-state index is 13.0. The first kappa shape index (κ1) is 30.8. The van der Waals surface area contributed by atoms with E-state index in [1.165, 1.54) is 0 Å². The van der Waals surface area contributed by atoms with Crippen molar-refractivity contribution >= 4 is 29.2 Å². The van der Waals surface area contributed by atoms with Crippen LogP contribution in [0.4, 0.5) is 0 Å². The highest BCUT2D eigenvalue weighted by molar-refractivity contribution is 7.84. The molecule has 0 bridgehead atoms. The number of carbonyl (C=O) groups excluding carboxylic acids is 1. The minimum Gasteiger partial charge on any atom is -0.489 e. The molecule has 3 aromatic carbocycles. The van der Waals surface area contributed by atoms with Crippen LogP contribution in [0.15, 0.2) is 83.3 Å². The van der Waals surface area contributed by atoms with E-state index in [-0.39, 0.29) is 5.78 Å². The lowest BCUT2D eigenvalue weighted by molar-refractivity contribution is 0.101. The molecule has 0 aromatic heterocycles. The number of allylic oxidation sites excluding steroid dienone is 1. The zero-order valence-corrected chi connectivity index (χ0v) is 23.6. The van der Waals surface area contributed by atoms with Gasteiger partial charge in [-0.25, -0.2) is 0 Å². The van der Waals surface area contributed by atoms with Gasteiger partial charge in [0.1, 0.15) is 12.4 Å². The van der Waals surface area contributed by atoms with Crippen molar-refractivity contribution in [1.29, 1.82) is 0 Å². The molecule has 0 aliphatic heterocycles. The predicted octanol–water partition coefficient (Wildman–Crippen LogP) is 6.77. The lowest BCUT2D eigenvalue weighted by Gasteiger charge is -2.11. The molecular formula is C32H40O3S. The molecule has 0 aliphatic carbocycles. The molecule has 3 nitrogen and oxygen atoms in total. The van der Waals surface area contributed by atoms with E-state index in [9.17, 15) is 9.00 Å². The van der Waals surface area contributed by atoms with Gasteiger partial charge in [0.15, 0.2) is 5.78 Å². The molecule has 36 heavy (non-hydrogen) atoms. The smallest absolute Gasteiger partial charge is 0.160 e. The van der Waals surface area contributed by atoms with Gasteiger partial charge in [-0.15, -0.1) is 0 Å². The van der Waals surface area contributed by atoms with Gasteiger partial charge >= 0.3 is 0 Å². The first-order valence-corrected chi connectivity index (χ1v) is 13.8. The second kappa shape index (κ2) is 16.4. The maximum atomic E-state index is 13.0. The fourth-order valence-corrected chi connectivity index (χ4v) is 4.62. The Kier molecular flexibility index (Phi) is 14.1. The monoisotopic (exact) mass is 504 g/mol. The van der Waals surface area contributed by atoms with Crippen LogP contribution in [0.25, 0.3) is 12.7 Å². The molecule has 192 valence electrons. The Morgan fingerprint density at radius 1 is 0.944 bits per heavy atom. The summed E-state index contributed by atoms with van der Waals surface area (Å²) in [6, 6.07) is 21.0. The van der Waals surface area contributed by atoms with E-state index in [1.807, 2.05) is 120 Å². The molecule has 0 heterocycles. The summed E-state index contributed by atoms with van der Waals surface area (Å²) in [5.41, 5.74) is 3.44. The Hall–Kier alpha value is -3.24. The summed E-state index contributed by atoms with van der Waals surface area (Å²) in [7, 11) is -1.28. The minimum absolute atomic E-state index is 0.00673. The van der Waals surface area contributed by atoms with Crippen LogP contribution in [-0.2, 0) is 16.6 Å². The van der Waals surface area contributed by atoms with Crippen molar-refractivity contribution in [1.82, 2.24) is 0 Å². The molecule has 0 amide bonds. The molecule has 3 aromatic rings. The second-order valence-electron chi connectivity index (χ2n) is 7.80. The third kappa shape index (κ3) is 9.43. The van der Waals surface area contributed by atoms with E-state index >= 15 is 0 Å². The summed E-state index contributed by atoms with van der Waals surface area (Å²) in [5, 5.41) is 2.06. The second-order valence-corrected chi connectivity index (χ2v) is 9.25. The summed E-state index contributed by atoms with van der Waals surface area (Å²) >= 11 is 0. The Morgan fingerprint density at radius 2 is 1.61 bits per heavy atom. The fourth-order valence-electron chi connectivity index (χ4n) is 3.46. The van der Waals surface area contributed by atoms with Crippen molar-refractivity contribution in [3.05, 3.63) is 106 Å². The maximum Gasteiger partial charge on any atom is 0.160 e. The van der Waals surface area contributed by atoms with E-state index in [4.69, 9.17) is 4.74 Å². The quantitative estimate of drug-likeness (QED) is 0.318. The van der Waals surface area contributed by atoms with Gasteiger partial charge in [-0.1, -0.05) is 95.0 Å². The third-order valence-corrected chi connectivity index (χ3v) is 6.49. The summed E-state index contributed by atoms with van der Waals surface area (Å²) < 4.78 is 18.9. The predicted molar refractivity (Wildman–Crippen MR) is 155 cm³/mol. The lowest BCUT2D eigenvalue weighted by Crippen LogP contribution is -2.21. The number of benzene rings is 3. The third-order valence-electron chi connectivity index (χ3n) is 5.14. The zero-order chi connectivity index (χ0) is 27.1. The molecule has 1 atom stereocenters. The molecule has 0 saturated carbocycles. The fraction of sp³-hybridized carbons (Fsp3) is 0.281. The molecule has 0 aliphatic rings. The first-order valence-electron chi connectivity index (χ1n) is 12.5. The number of aryl methyl sites for hydroxylation is 1. The van der Waals surface area contributed by atoms with Crippen LogP contribution >= 0.6 is 0 Å². The zero-order valence-electron chi connectivity index (χ0n) is 22.8. The highest BCUT2D eigenvalue weighted by atomic mass is 32.2. The minimum atomic E-state index is -1.28. The standard InChI is InChI=1S/C28H28O3S.2C2H6/c1-20(15-16-24-11-6-5-9-21(24)2)18-31-26-13-8-14-27(17-26)32(30)19-25-12-7-10-22(3)28(25)23(4)29;2*1-2/h5-17H,2,18-19H2,1,3-4H3;2*1-2H3/b20-15+,24-16-;;. The molecule has 0 N–H and O–H groups in total. The lowest BCUT2D eigenvalue weighted by atomic mass is 10.0. The van der Waals surface area contributed by atoms with Crippen molar-refractivity contribution in [2.24, 2.45) is 0 Å². The topological polar surface area (TPSA) is 43.4 Å². The number of ketones is 1. The highest BCUT2D eigenvalue weighted by Crippen LogP contribution is 2.22. The van der Waals surface area contributed by atoms with Gasteiger partial charge in [0.25, 0.3) is 0 Å². The Balaban J connectivity index is 0.00000154. The number of hydrogen-bond acceptors (Lipinski definition) is 3. The van der Waals surface area contributed by atoms with Crippen molar-refractivity contribution in [2.75, 3.05) is 6.61 Å². The number of ether oxygens (including phenoxy) is 1. The average Bonchev–Trinajstić information content (AvgIpc) is 2.89. The van der Waals surface area contributed by atoms with Crippen molar-refractivity contribution < 1.29 is 13.7 Å². The SMILES string of the molecule is C=c1cccc/c1=C/C=C(\C)COc1cccc(S(=O)Cc2cccc(C)c2C(C)=O)c1.CC.CC. The van der Waals surface area contributed by atoms with E-state index < -0.39 is 10.8 Å². The van der Waals surface area contributed by atoms with E-state index in [1.54, 1.807) is 6.92 Å². The van der Waals surface area contributed by atoms with Gasteiger partial charge < -0.3 is 4.74 Å². The molecule has 0 saturated heterocycles. The van der Waals surface area contributed by atoms with Crippen LogP contribution < -0.4 is 15.2 Å². The van der Waals surface area contributed by atoms with Gasteiger partial charge in [0.05, 0.1) is 16.6 Å². The molecule has 0 spiro atoms. The Morgan fingerprint density at radius 3 is 2.28 bits per heavy atom. The molecule has 0 fully saturated rings. The molecule has 1 unspecified atom stereocenters. The van der Waals surface area contributed by atoms with Crippen LogP contribution in [0.3, 0.4) is 0 Å². The van der Waals surface area contributed by atoms with E-state index in [0.29, 0.717) is 28.6 Å². The highest BCUT2D eigenvalue weighted by Gasteiger charge is 2.14. The number of hydrogen-bond donors (Lipinski definition) is 0. The van der Waals surface area contributed by atoms with Crippen LogP contribution in [0, 0.1) is 6.92 Å². The van der Waals surface area contributed by atoms with Gasteiger partial charge in [-0.3, -0.25) is 9.00 Å². The van der Waals surface area contributed by atoms with E-state index in [0.717, 1.165) is 27.1 Å². The largest absolute Gasteiger partial charge is 0.489 e. The normalized spacial score (nSPS) is 12.0. The van der Waals surface area contributed by atoms with E-state index in [2.05, 4.69) is 6.58 Å². The number of carbonyl (C=O) groups is 1. The molecule has 3 rings (SSSR count). The summed E-state index contributed by atoms with van der Waals surface area (Å²) in [6.45, 7) is 17.9. The summed E-state index contributed by atoms with van der Waals surface area (Å²) in [4.78, 5) is 12.7. The van der Waals surface area contributed by atoms with Crippen molar-refractivity contribution in [3.63, 3.8) is 0 Å². The Bertz CT molecular complexity index is 1290. The van der Waals surface area contributed by atoms with Crippen molar-refractivity contribution in [2.45, 2.75) is 59.1 Å². The summed E-state index contributed by atoms with van der Waals surface area (Å²) in [5.74, 6) is 0.947. The molecular weight excluding hydrogens is 464 g/mol. The number of rotatable bonds is 8. The van der Waals surface area contributed by atoms with Crippen LogP contribution in [0.5, 0.6) is 5.75 Å². The van der Waals surface area contributed by atoms with Crippen LogP contribution in [0.2, 0.25) is 0 Å². The molecule has 0 radical (unpaired) electrons. The van der Waals surface area contributed by atoms with Crippen LogP contribution in [-0.4, -0.2) is 16.6 Å². The van der Waals surface area contributed by atoms with Gasteiger partial charge in [0.2, 0.25) is 0 Å². The number of Topliss-reactive ketones (excluding diaryl/α,β-unsaturated/α-hetero) is 1. The first-order chi connectivity index (χ1) is 17.3. The Labute approximate surface area is 219 Å². The van der Waals surface area contributed by atoms with Crippen molar-refractivity contribution in [3.8, 4) is 5.75 Å². The summed E-state index contributed by atoms with van der Waals surface area (Å²) in [6.07, 6.45) is 4.05.